The van der Waals surface area contributed by atoms with Gasteiger partial charge in [-0.15, -0.1) is 0 Å². The van der Waals surface area contributed by atoms with Crippen LogP contribution in [-0.2, 0) is 11.2 Å². The highest BCUT2D eigenvalue weighted by molar-refractivity contribution is 5.86. The summed E-state index contributed by atoms with van der Waals surface area (Å²) in [4.78, 5) is 24.9. The van der Waals surface area contributed by atoms with E-state index in [1.165, 1.54) is 10.5 Å². The Balaban J connectivity index is 1.78. The van der Waals surface area contributed by atoms with Crippen molar-refractivity contribution in [1.29, 1.82) is 0 Å². The van der Waals surface area contributed by atoms with Crippen LogP contribution in [0, 0.1) is 0 Å². The molecule has 21 heavy (non-hydrogen) atoms. The molecular weight excluding hydrogens is 268 g/mol. The van der Waals surface area contributed by atoms with Gasteiger partial charge in [-0.2, -0.15) is 0 Å². The van der Waals surface area contributed by atoms with Gasteiger partial charge in [0.2, 0.25) is 0 Å². The summed E-state index contributed by atoms with van der Waals surface area (Å²) in [7, 11) is 0. The molecule has 0 spiro atoms. The number of carboxylic acid groups (broad SMARTS) is 1. The van der Waals surface area contributed by atoms with Crippen molar-refractivity contribution in [3.8, 4) is 0 Å². The first-order valence-corrected chi connectivity index (χ1v) is 7.37. The maximum Gasteiger partial charge on any atom is 0.329 e. The molecule has 1 heterocycles. The summed E-state index contributed by atoms with van der Waals surface area (Å²) in [6.45, 7) is 2.68. The molecule has 1 saturated heterocycles. The molecule has 1 unspecified atom stereocenters. The third-order valence-corrected chi connectivity index (χ3v) is 4.11. The highest BCUT2D eigenvalue weighted by Crippen LogP contribution is 2.29. The summed E-state index contributed by atoms with van der Waals surface area (Å²) < 4.78 is 0. The van der Waals surface area contributed by atoms with E-state index < -0.39 is 11.5 Å². The van der Waals surface area contributed by atoms with Gasteiger partial charge >= 0.3 is 12.0 Å². The molecule has 5 nitrogen and oxygen atoms in total. The van der Waals surface area contributed by atoms with Gasteiger partial charge in [0, 0.05) is 13.1 Å². The maximum absolute atomic E-state index is 12.1. The van der Waals surface area contributed by atoms with Crippen LogP contribution < -0.4 is 5.32 Å². The lowest BCUT2D eigenvalue weighted by molar-refractivity contribution is -0.147. The fourth-order valence-corrected chi connectivity index (χ4v) is 2.74. The SMILES string of the molecule is CC1(C(=O)O)CCCN1C(=O)NCCCc1ccccc1. The van der Waals surface area contributed by atoms with Gasteiger partial charge in [0.15, 0.2) is 0 Å². The Morgan fingerprint density at radius 1 is 1.33 bits per heavy atom. The lowest BCUT2D eigenvalue weighted by atomic mass is 10.00. The van der Waals surface area contributed by atoms with Gasteiger partial charge in [-0.25, -0.2) is 9.59 Å². The molecule has 1 aromatic carbocycles. The van der Waals surface area contributed by atoms with Gasteiger partial charge in [0.1, 0.15) is 5.54 Å². The van der Waals surface area contributed by atoms with Crippen LogP contribution in [-0.4, -0.2) is 40.6 Å². The Kier molecular flexibility index (Phi) is 4.83. The van der Waals surface area contributed by atoms with Crippen LogP contribution in [0.15, 0.2) is 30.3 Å². The van der Waals surface area contributed by atoms with Crippen molar-refractivity contribution < 1.29 is 14.7 Å². The molecule has 0 aliphatic carbocycles. The number of nitrogens with one attached hydrogen (secondary N) is 1. The summed E-state index contributed by atoms with van der Waals surface area (Å²) >= 11 is 0. The van der Waals surface area contributed by atoms with Crippen LogP contribution in [0.4, 0.5) is 4.79 Å². The molecule has 2 amide bonds. The second-order valence-corrected chi connectivity index (χ2v) is 5.66. The van der Waals surface area contributed by atoms with E-state index in [4.69, 9.17) is 0 Å². The number of aliphatic carboxylic acids is 1. The summed E-state index contributed by atoms with van der Waals surface area (Å²) in [6.07, 6.45) is 2.99. The average Bonchev–Trinajstić information content (AvgIpc) is 2.88. The van der Waals surface area contributed by atoms with Crippen LogP contribution in [0.5, 0.6) is 0 Å². The maximum atomic E-state index is 12.1. The van der Waals surface area contributed by atoms with E-state index in [1.54, 1.807) is 6.92 Å². The molecule has 114 valence electrons. The quantitative estimate of drug-likeness (QED) is 0.817. The van der Waals surface area contributed by atoms with Gasteiger partial charge in [-0.05, 0) is 38.2 Å². The zero-order chi connectivity index (χ0) is 15.3. The van der Waals surface area contributed by atoms with E-state index in [0.29, 0.717) is 19.5 Å². The highest BCUT2D eigenvalue weighted by Gasteiger charge is 2.45. The third kappa shape index (κ3) is 3.54. The molecule has 0 bridgehead atoms. The van der Waals surface area contributed by atoms with Crippen molar-refractivity contribution >= 4 is 12.0 Å². The Hall–Kier alpha value is -2.04. The monoisotopic (exact) mass is 290 g/mol. The molecule has 1 aliphatic rings. The molecule has 1 atom stereocenters. The van der Waals surface area contributed by atoms with Crippen molar-refractivity contribution in [2.75, 3.05) is 13.1 Å². The Bertz CT molecular complexity index is 504. The van der Waals surface area contributed by atoms with Gasteiger partial charge < -0.3 is 15.3 Å². The lowest BCUT2D eigenvalue weighted by Gasteiger charge is -2.31. The molecule has 0 saturated carbocycles. The second kappa shape index (κ2) is 6.61. The Labute approximate surface area is 125 Å². The molecule has 0 aromatic heterocycles. The number of rotatable bonds is 5. The molecular formula is C16H22N2O3. The Morgan fingerprint density at radius 2 is 2.05 bits per heavy atom. The highest BCUT2D eigenvalue weighted by atomic mass is 16.4. The molecule has 2 rings (SSSR count). The molecule has 2 N–H and O–H groups in total. The topological polar surface area (TPSA) is 69.6 Å². The van der Waals surface area contributed by atoms with E-state index in [1.807, 2.05) is 18.2 Å². The van der Waals surface area contributed by atoms with Crippen LogP contribution >= 0.6 is 0 Å². The number of aryl methyl sites for hydroxylation is 1. The minimum absolute atomic E-state index is 0.273. The average molecular weight is 290 g/mol. The number of hydrogen-bond donors (Lipinski definition) is 2. The van der Waals surface area contributed by atoms with Crippen LogP contribution in [0.2, 0.25) is 0 Å². The van der Waals surface area contributed by atoms with Crippen LogP contribution in [0.1, 0.15) is 31.7 Å². The number of likely N-dealkylation sites (tertiary alicyclic amines) is 1. The summed E-state index contributed by atoms with van der Waals surface area (Å²) in [6, 6.07) is 9.82. The van der Waals surface area contributed by atoms with E-state index in [0.717, 1.165) is 19.3 Å². The fraction of sp³-hybridized carbons (Fsp3) is 0.500. The van der Waals surface area contributed by atoms with Gasteiger partial charge in [0.05, 0.1) is 0 Å². The predicted octanol–water partition coefficient (Wildman–Crippen LogP) is 2.27. The van der Waals surface area contributed by atoms with Crippen molar-refractivity contribution in [3.63, 3.8) is 0 Å². The van der Waals surface area contributed by atoms with Gasteiger partial charge in [-0.3, -0.25) is 0 Å². The number of carbonyl (C=O) groups is 2. The van der Waals surface area contributed by atoms with E-state index in [2.05, 4.69) is 17.4 Å². The molecule has 0 radical (unpaired) electrons. The number of benzene rings is 1. The number of urea groups is 1. The molecule has 1 fully saturated rings. The minimum Gasteiger partial charge on any atom is -0.480 e. The fourth-order valence-electron chi connectivity index (χ4n) is 2.74. The van der Waals surface area contributed by atoms with Crippen molar-refractivity contribution in [3.05, 3.63) is 35.9 Å². The largest absolute Gasteiger partial charge is 0.480 e. The van der Waals surface area contributed by atoms with Crippen molar-refractivity contribution in [2.45, 2.75) is 38.1 Å². The van der Waals surface area contributed by atoms with Crippen LogP contribution in [0.3, 0.4) is 0 Å². The van der Waals surface area contributed by atoms with Crippen LogP contribution in [0.25, 0.3) is 0 Å². The first kappa shape index (κ1) is 15.4. The first-order valence-electron chi connectivity index (χ1n) is 7.37. The number of carboxylic acids is 1. The van der Waals surface area contributed by atoms with E-state index in [9.17, 15) is 14.7 Å². The first-order chi connectivity index (χ1) is 10.0. The Morgan fingerprint density at radius 3 is 2.71 bits per heavy atom. The predicted molar refractivity (Wildman–Crippen MR) is 80.1 cm³/mol. The zero-order valence-corrected chi connectivity index (χ0v) is 12.3. The summed E-state index contributed by atoms with van der Waals surface area (Å²) in [5.74, 6) is -0.931. The normalized spacial score (nSPS) is 21.3. The van der Waals surface area contributed by atoms with Crippen molar-refractivity contribution in [2.24, 2.45) is 0 Å². The zero-order valence-electron chi connectivity index (χ0n) is 12.3. The standard InChI is InChI=1S/C16H22N2O3/c1-16(14(19)20)10-6-12-18(16)15(21)17-11-5-9-13-7-3-2-4-8-13/h2-4,7-8H,5-6,9-12H2,1H3,(H,17,21)(H,19,20). The molecule has 1 aliphatic heterocycles. The van der Waals surface area contributed by atoms with Gasteiger partial charge in [0.25, 0.3) is 0 Å². The van der Waals surface area contributed by atoms with Crippen molar-refractivity contribution in [1.82, 2.24) is 10.2 Å². The second-order valence-electron chi connectivity index (χ2n) is 5.66. The third-order valence-electron chi connectivity index (χ3n) is 4.11. The van der Waals surface area contributed by atoms with Gasteiger partial charge in [-0.1, -0.05) is 30.3 Å². The van der Waals surface area contributed by atoms with E-state index >= 15 is 0 Å². The minimum atomic E-state index is -1.07. The number of carbonyl (C=O) groups excluding carboxylic acids is 1. The molecule has 5 heteroatoms. The molecule has 1 aromatic rings. The number of amides is 2. The lowest BCUT2D eigenvalue weighted by Crippen LogP contribution is -2.54. The number of nitrogens with zero attached hydrogens (tertiary/aromatic N) is 1. The summed E-state index contributed by atoms with van der Waals surface area (Å²) in [5.41, 5.74) is 0.173. The number of hydrogen-bond acceptors (Lipinski definition) is 2. The summed E-state index contributed by atoms with van der Waals surface area (Å²) in [5, 5.41) is 12.1. The van der Waals surface area contributed by atoms with E-state index in [-0.39, 0.29) is 6.03 Å². The smallest absolute Gasteiger partial charge is 0.329 e.